The summed E-state index contributed by atoms with van der Waals surface area (Å²) in [6.07, 6.45) is 0.402. The van der Waals surface area contributed by atoms with Gasteiger partial charge in [0.25, 0.3) is 5.91 Å². The van der Waals surface area contributed by atoms with E-state index in [9.17, 15) is 4.79 Å². The van der Waals surface area contributed by atoms with Crippen molar-refractivity contribution in [1.29, 1.82) is 0 Å². The predicted molar refractivity (Wildman–Crippen MR) is 55.8 cm³/mol. The van der Waals surface area contributed by atoms with Crippen molar-refractivity contribution in [2.45, 2.75) is 12.5 Å². The van der Waals surface area contributed by atoms with Gasteiger partial charge in [-0.15, -0.1) is 0 Å². The maximum atomic E-state index is 10.9. The summed E-state index contributed by atoms with van der Waals surface area (Å²) in [5.74, 6) is -0.576. The van der Waals surface area contributed by atoms with Crippen molar-refractivity contribution >= 4 is 21.8 Å². The van der Waals surface area contributed by atoms with E-state index in [1.165, 1.54) is 5.48 Å². The smallest absolute Gasteiger partial charge is 0.260 e. The monoisotopic (exact) mass is 258 g/mol. The van der Waals surface area contributed by atoms with Crippen molar-refractivity contribution in [3.8, 4) is 0 Å². The lowest BCUT2D eigenvalue weighted by molar-refractivity contribution is -0.130. The summed E-state index contributed by atoms with van der Waals surface area (Å²) in [4.78, 5) is 10.9. The number of hydrogen-bond donors (Lipinski definition) is 3. The van der Waals surface area contributed by atoms with Crippen LogP contribution in [0.15, 0.2) is 28.7 Å². The zero-order chi connectivity index (χ0) is 10.6. The SMILES string of the molecule is N[C@@H](Cc1ccc(Br)cc1)C(=O)NO. The van der Waals surface area contributed by atoms with Gasteiger partial charge in [-0.1, -0.05) is 28.1 Å². The van der Waals surface area contributed by atoms with Crippen molar-refractivity contribution in [2.75, 3.05) is 0 Å². The first-order valence-electron chi connectivity index (χ1n) is 4.07. The molecule has 0 heterocycles. The zero-order valence-electron chi connectivity index (χ0n) is 7.40. The van der Waals surface area contributed by atoms with Gasteiger partial charge in [-0.2, -0.15) is 0 Å². The first-order valence-corrected chi connectivity index (χ1v) is 4.86. The van der Waals surface area contributed by atoms with Crippen molar-refractivity contribution in [2.24, 2.45) is 5.73 Å². The summed E-state index contributed by atoms with van der Waals surface area (Å²) in [5, 5.41) is 8.34. The second-order valence-corrected chi connectivity index (χ2v) is 3.83. The topological polar surface area (TPSA) is 75.4 Å². The highest BCUT2D eigenvalue weighted by Crippen LogP contribution is 2.11. The zero-order valence-corrected chi connectivity index (χ0v) is 8.99. The Bertz CT molecular complexity index is 313. The molecule has 1 aromatic rings. The summed E-state index contributed by atoms with van der Waals surface area (Å²) >= 11 is 3.30. The van der Waals surface area contributed by atoms with Gasteiger partial charge in [-0.05, 0) is 24.1 Å². The minimum atomic E-state index is -0.721. The highest BCUT2D eigenvalue weighted by atomic mass is 79.9. The fraction of sp³-hybridized carbons (Fsp3) is 0.222. The van der Waals surface area contributed by atoms with Crippen molar-refractivity contribution in [3.63, 3.8) is 0 Å². The molecular weight excluding hydrogens is 248 g/mol. The Labute approximate surface area is 90.2 Å². The summed E-state index contributed by atoms with van der Waals surface area (Å²) in [6, 6.07) is 6.77. The fourth-order valence-corrected chi connectivity index (χ4v) is 1.31. The highest BCUT2D eigenvalue weighted by molar-refractivity contribution is 9.10. The van der Waals surface area contributed by atoms with Gasteiger partial charge in [0.2, 0.25) is 0 Å². The molecule has 76 valence electrons. The van der Waals surface area contributed by atoms with Gasteiger partial charge >= 0.3 is 0 Å². The molecule has 0 spiro atoms. The molecule has 4 N–H and O–H groups in total. The van der Waals surface area contributed by atoms with E-state index in [1.54, 1.807) is 0 Å². The molecule has 1 amide bonds. The average Bonchev–Trinajstić information content (AvgIpc) is 2.20. The Hall–Kier alpha value is -0.910. The molecule has 1 aromatic carbocycles. The van der Waals surface area contributed by atoms with Gasteiger partial charge in [-0.3, -0.25) is 10.0 Å². The van der Waals surface area contributed by atoms with Crippen molar-refractivity contribution in [1.82, 2.24) is 5.48 Å². The lowest BCUT2D eigenvalue weighted by Crippen LogP contribution is -2.40. The fourth-order valence-electron chi connectivity index (χ4n) is 1.05. The van der Waals surface area contributed by atoms with Crippen LogP contribution in [0.4, 0.5) is 0 Å². The maximum Gasteiger partial charge on any atom is 0.260 e. The first kappa shape index (κ1) is 11.2. The number of halogens is 1. The second kappa shape index (κ2) is 5.09. The van der Waals surface area contributed by atoms with Crippen LogP contribution in [-0.2, 0) is 11.2 Å². The summed E-state index contributed by atoms with van der Waals surface area (Å²) < 4.78 is 0.974. The number of carbonyl (C=O) groups excluding carboxylic acids is 1. The van der Waals surface area contributed by atoms with Gasteiger partial charge in [-0.25, -0.2) is 5.48 Å². The lowest BCUT2D eigenvalue weighted by atomic mass is 10.1. The number of hydroxylamine groups is 1. The molecule has 0 unspecified atom stereocenters. The van der Waals surface area contributed by atoms with Gasteiger partial charge in [0, 0.05) is 4.47 Å². The van der Waals surface area contributed by atoms with Crippen LogP contribution < -0.4 is 11.2 Å². The van der Waals surface area contributed by atoms with E-state index in [4.69, 9.17) is 10.9 Å². The molecule has 0 aromatic heterocycles. The third-order valence-corrected chi connectivity index (χ3v) is 2.34. The average molecular weight is 259 g/mol. The summed E-state index contributed by atoms with van der Waals surface area (Å²) in [5.41, 5.74) is 7.99. The van der Waals surface area contributed by atoms with E-state index in [-0.39, 0.29) is 0 Å². The van der Waals surface area contributed by atoms with E-state index in [1.807, 2.05) is 24.3 Å². The van der Waals surface area contributed by atoms with Gasteiger partial charge in [0.15, 0.2) is 0 Å². The second-order valence-electron chi connectivity index (χ2n) is 2.91. The van der Waals surface area contributed by atoms with Crippen LogP contribution in [0.25, 0.3) is 0 Å². The van der Waals surface area contributed by atoms with Crippen LogP contribution in [0.1, 0.15) is 5.56 Å². The Morgan fingerprint density at radius 1 is 1.50 bits per heavy atom. The van der Waals surface area contributed by atoms with Crippen LogP contribution in [-0.4, -0.2) is 17.2 Å². The number of nitrogens with two attached hydrogens (primary N) is 1. The van der Waals surface area contributed by atoms with E-state index < -0.39 is 11.9 Å². The maximum absolute atomic E-state index is 10.9. The van der Waals surface area contributed by atoms with E-state index in [0.717, 1.165) is 10.0 Å². The number of benzene rings is 1. The number of carbonyl (C=O) groups is 1. The molecule has 1 rings (SSSR count). The molecule has 5 heteroatoms. The molecule has 0 aliphatic heterocycles. The van der Waals surface area contributed by atoms with Crippen LogP contribution in [0.5, 0.6) is 0 Å². The van der Waals surface area contributed by atoms with Crippen LogP contribution in [0.2, 0.25) is 0 Å². The van der Waals surface area contributed by atoms with Gasteiger partial charge < -0.3 is 5.73 Å². The Kier molecular flexibility index (Phi) is 4.06. The minimum absolute atomic E-state index is 0.402. The quantitative estimate of drug-likeness (QED) is 0.555. The normalized spacial score (nSPS) is 12.2. The van der Waals surface area contributed by atoms with Crippen LogP contribution in [0.3, 0.4) is 0 Å². The number of hydrogen-bond acceptors (Lipinski definition) is 3. The van der Waals surface area contributed by atoms with Crippen molar-refractivity contribution < 1.29 is 10.0 Å². The number of rotatable bonds is 3. The Morgan fingerprint density at radius 2 is 2.07 bits per heavy atom. The molecule has 1 atom stereocenters. The lowest BCUT2D eigenvalue weighted by Gasteiger charge is -2.08. The number of amides is 1. The highest BCUT2D eigenvalue weighted by Gasteiger charge is 2.12. The molecule has 0 radical (unpaired) electrons. The first-order chi connectivity index (χ1) is 6.63. The third-order valence-electron chi connectivity index (χ3n) is 1.82. The molecule has 4 nitrogen and oxygen atoms in total. The van der Waals surface area contributed by atoms with Crippen molar-refractivity contribution in [3.05, 3.63) is 34.3 Å². The summed E-state index contributed by atoms with van der Waals surface area (Å²) in [6.45, 7) is 0. The van der Waals surface area contributed by atoms with Gasteiger partial charge in [0.05, 0.1) is 6.04 Å². The predicted octanol–water partition coefficient (Wildman–Crippen LogP) is 0.824. The molecule has 0 bridgehead atoms. The van der Waals surface area contributed by atoms with E-state index >= 15 is 0 Å². The largest absolute Gasteiger partial charge is 0.320 e. The molecule has 0 fully saturated rings. The molecule has 0 aliphatic carbocycles. The molecular formula is C9H11BrN2O2. The van der Waals surface area contributed by atoms with Gasteiger partial charge in [0.1, 0.15) is 0 Å². The molecule has 14 heavy (non-hydrogen) atoms. The van der Waals surface area contributed by atoms with Crippen LogP contribution in [0, 0.1) is 0 Å². The Balaban J connectivity index is 2.60. The summed E-state index contributed by atoms with van der Waals surface area (Å²) in [7, 11) is 0. The Morgan fingerprint density at radius 3 is 2.57 bits per heavy atom. The molecule has 0 aliphatic rings. The minimum Gasteiger partial charge on any atom is -0.320 e. The standard InChI is InChI=1S/C9H11BrN2O2/c10-7-3-1-6(2-4-7)5-8(11)9(13)12-14/h1-4,8,14H,5,11H2,(H,12,13)/t8-/m0/s1. The van der Waals surface area contributed by atoms with E-state index in [0.29, 0.717) is 6.42 Å². The number of nitrogens with one attached hydrogen (secondary N) is 1. The van der Waals surface area contributed by atoms with Crippen LogP contribution >= 0.6 is 15.9 Å². The third kappa shape index (κ3) is 3.10. The molecule has 0 saturated heterocycles. The van der Waals surface area contributed by atoms with E-state index in [2.05, 4.69) is 15.9 Å². The molecule has 0 saturated carbocycles.